The molecular formula is C27H28ClN3O5S. The van der Waals surface area contributed by atoms with Gasteiger partial charge in [0.2, 0.25) is 5.91 Å². The Labute approximate surface area is 221 Å². The van der Waals surface area contributed by atoms with E-state index in [-0.39, 0.29) is 38.9 Å². The maximum atomic E-state index is 13.6. The summed E-state index contributed by atoms with van der Waals surface area (Å²) in [5, 5.41) is 5.71. The van der Waals surface area contributed by atoms with Crippen LogP contribution in [0.25, 0.3) is 0 Å². The third-order valence-corrected chi connectivity index (χ3v) is 8.07. The van der Waals surface area contributed by atoms with Gasteiger partial charge in [-0.1, -0.05) is 53.6 Å². The van der Waals surface area contributed by atoms with Crippen molar-refractivity contribution in [3.05, 3.63) is 88.9 Å². The lowest BCUT2D eigenvalue weighted by molar-refractivity contribution is -0.114. The molecule has 0 bridgehead atoms. The summed E-state index contributed by atoms with van der Waals surface area (Å²) in [7, 11) is -4.13. The topological polar surface area (TPSA) is 105 Å². The van der Waals surface area contributed by atoms with E-state index in [1.807, 2.05) is 6.92 Å². The van der Waals surface area contributed by atoms with Crippen LogP contribution in [0, 0.1) is 6.92 Å². The molecule has 1 aliphatic rings. The first-order chi connectivity index (χ1) is 17.8. The summed E-state index contributed by atoms with van der Waals surface area (Å²) in [4.78, 5) is 26.0. The highest BCUT2D eigenvalue weighted by Crippen LogP contribution is 2.30. The zero-order valence-electron chi connectivity index (χ0n) is 20.3. The maximum Gasteiger partial charge on any atom is 0.264 e. The lowest BCUT2D eigenvalue weighted by Gasteiger charge is -2.25. The van der Waals surface area contributed by atoms with Crippen molar-refractivity contribution in [2.45, 2.75) is 30.8 Å². The van der Waals surface area contributed by atoms with E-state index in [0.717, 1.165) is 22.7 Å². The fraction of sp³-hybridized carbons (Fsp3) is 0.259. The number of nitrogens with one attached hydrogen (secondary N) is 2. The average molecular weight is 542 g/mol. The number of ether oxygens (including phenoxy) is 1. The lowest BCUT2D eigenvalue weighted by atomic mass is 10.1. The molecule has 0 saturated carbocycles. The number of para-hydroxylation sites is 2. The first-order valence-electron chi connectivity index (χ1n) is 11.9. The zero-order chi connectivity index (χ0) is 26.4. The van der Waals surface area contributed by atoms with Gasteiger partial charge in [0, 0.05) is 13.2 Å². The summed E-state index contributed by atoms with van der Waals surface area (Å²) >= 11 is 6.34. The molecule has 0 radical (unpaired) electrons. The van der Waals surface area contributed by atoms with Crippen LogP contribution in [0.15, 0.2) is 77.7 Å². The van der Waals surface area contributed by atoms with E-state index in [4.69, 9.17) is 16.3 Å². The van der Waals surface area contributed by atoms with Gasteiger partial charge in [0.1, 0.15) is 6.54 Å². The van der Waals surface area contributed by atoms with E-state index >= 15 is 0 Å². The van der Waals surface area contributed by atoms with Crippen LogP contribution in [0.1, 0.15) is 28.8 Å². The van der Waals surface area contributed by atoms with Gasteiger partial charge in [-0.05, 0) is 56.2 Å². The number of rotatable bonds is 9. The second-order valence-corrected chi connectivity index (χ2v) is 11.0. The number of anilines is 2. The van der Waals surface area contributed by atoms with Crippen LogP contribution in [0.3, 0.4) is 0 Å². The monoisotopic (exact) mass is 541 g/mol. The number of sulfonamides is 1. The van der Waals surface area contributed by atoms with Crippen molar-refractivity contribution in [3.8, 4) is 0 Å². The zero-order valence-corrected chi connectivity index (χ0v) is 21.9. The molecule has 8 nitrogen and oxygen atoms in total. The van der Waals surface area contributed by atoms with E-state index in [9.17, 15) is 18.0 Å². The summed E-state index contributed by atoms with van der Waals surface area (Å²) in [6.45, 7) is 2.35. The van der Waals surface area contributed by atoms with Crippen molar-refractivity contribution < 1.29 is 22.7 Å². The maximum absolute atomic E-state index is 13.6. The third kappa shape index (κ3) is 6.49. The number of carbonyl (C=O) groups is 2. The Bertz CT molecular complexity index is 1370. The first kappa shape index (κ1) is 26.7. The molecule has 194 valence electrons. The summed E-state index contributed by atoms with van der Waals surface area (Å²) in [5.41, 5.74) is 1.60. The Hall–Kier alpha value is -3.40. The number of amides is 2. The Balaban J connectivity index is 1.56. The molecule has 37 heavy (non-hydrogen) atoms. The van der Waals surface area contributed by atoms with Crippen LogP contribution in [-0.2, 0) is 19.6 Å². The Kier molecular flexibility index (Phi) is 8.48. The molecule has 0 unspecified atom stereocenters. The van der Waals surface area contributed by atoms with Gasteiger partial charge < -0.3 is 15.4 Å². The van der Waals surface area contributed by atoms with Crippen LogP contribution >= 0.6 is 11.6 Å². The smallest absolute Gasteiger partial charge is 0.264 e. The molecule has 1 heterocycles. The fourth-order valence-corrected chi connectivity index (χ4v) is 5.74. The van der Waals surface area contributed by atoms with Crippen molar-refractivity contribution in [2.75, 3.05) is 29.3 Å². The van der Waals surface area contributed by atoms with Crippen molar-refractivity contribution >= 4 is 44.8 Å². The molecule has 3 aromatic carbocycles. The molecule has 1 saturated heterocycles. The minimum Gasteiger partial charge on any atom is -0.376 e. The standard InChI is InChI=1S/C27H28ClN3O5S/c1-19-12-14-21(15-13-19)37(34,35)31(25-11-5-3-9-23(25)28)18-26(32)30-24-10-4-2-8-22(24)27(33)29-17-20-7-6-16-36-20/h2-5,8-15,20H,6-7,16-18H2,1H3,(H,29,33)(H,30,32)/t20-/m0/s1. The first-order valence-corrected chi connectivity index (χ1v) is 13.7. The average Bonchev–Trinajstić information content (AvgIpc) is 3.41. The van der Waals surface area contributed by atoms with Gasteiger partial charge in [-0.2, -0.15) is 0 Å². The predicted octanol–water partition coefficient (Wildman–Crippen LogP) is 4.39. The van der Waals surface area contributed by atoms with Gasteiger partial charge in [0.05, 0.1) is 33.0 Å². The van der Waals surface area contributed by atoms with Crippen molar-refractivity contribution in [1.29, 1.82) is 0 Å². The molecular weight excluding hydrogens is 514 g/mol. The molecule has 3 aromatic rings. The van der Waals surface area contributed by atoms with E-state index < -0.39 is 22.5 Å². The summed E-state index contributed by atoms with van der Waals surface area (Å²) in [6, 6.07) is 19.3. The molecule has 1 aliphatic heterocycles. The highest BCUT2D eigenvalue weighted by Gasteiger charge is 2.29. The van der Waals surface area contributed by atoms with Gasteiger partial charge in [0.15, 0.2) is 0 Å². The van der Waals surface area contributed by atoms with E-state index in [2.05, 4.69) is 10.6 Å². The molecule has 0 aromatic heterocycles. The summed E-state index contributed by atoms with van der Waals surface area (Å²) < 4.78 is 33.7. The number of nitrogens with zero attached hydrogens (tertiary/aromatic N) is 1. The molecule has 2 amide bonds. The number of aryl methyl sites for hydroxylation is 1. The Morgan fingerprint density at radius 2 is 1.73 bits per heavy atom. The van der Waals surface area contributed by atoms with Crippen molar-refractivity contribution in [2.24, 2.45) is 0 Å². The predicted molar refractivity (Wildman–Crippen MR) is 144 cm³/mol. The largest absolute Gasteiger partial charge is 0.376 e. The SMILES string of the molecule is Cc1ccc(S(=O)(=O)N(CC(=O)Nc2ccccc2C(=O)NC[C@@H]2CCCO2)c2ccccc2Cl)cc1. The van der Waals surface area contributed by atoms with E-state index in [0.29, 0.717) is 13.2 Å². The second-order valence-electron chi connectivity index (χ2n) is 8.71. The highest BCUT2D eigenvalue weighted by atomic mass is 35.5. The Morgan fingerprint density at radius 1 is 1.03 bits per heavy atom. The molecule has 4 rings (SSSR count). The van der Waals surface area contributed by atoms with Crippen molar-refractivity contribution in [3.63, 3.8) is 0 Å². The van der Waals surface area contributed by atoms with E-state index in [1.165, 1.54) is 18.2 Å². The third-order valence-electron chi connectivity index (χ3n) is 5.98. The van der Waals surface area contributed by atoms with E-state index in [1.54, 1.807) is 54.6 Å². The van der Waals surface area contributed by atoms with Crippen LogP contribution in [0.5, 0.6) is 0 Å². The van der Waals surface area contributed by atoms with Crippen molar-refractivity contribution in [1.82, 2.24) is 5.32 Å². The van der Waals surface area contributed by atoms with Gasteiger partial charge in [-0.3, -0.25) is 13.9 Å². The van der Waals surface area contributed by atoms with Gasteiger partial charge in [-0.15, -0.1) is 0 Å². The number of hydrogen-bond donors (Lipinski definition) is 2. The second kappa shape index (κ2) is 11.8. The molecule has 0 spiro atoms. The quantitative estimate of drug-likeness (QED) is 0.418. The number of benzene rings is 3. The van der Waals surface area contributed by atoms with Gasteiger partial charge in [0.25, 0.3) is 15.9 Å². The summed E-state index contributed by atoms with van der Waals surface area (Å²) in [5.74, 6) is -0.989. The van der Waals surface area contributed by atoms with Crippen LogP contribution in [-0.4, -0.2) is 46.0 Å². The lowest BCUT2D eigenvalue weighted by Crippen LogP contribution is -2.38. The fourth-order valence-electron chi connectivity index (χ4n) is 4.01. The molecule has 2 N–H and O–H groups in total. The van der Waals surface area contributed by atoms with Crippen LogP contribution in [0.2, 0.25) is 5.02 Å². The minimum absolute atomic E-state index is 0.0261. The molecule has 1 fully saturated rings. The van der Waals surface area contributed by atoms with Gasteiger partial charge in [-0.25, -0.2) is 8.42 Å². The number of hydrogen-bond acceptors (Lipinski definition) is 5. The molecule has 1 atom stereocenters. The molecule has 10 heteroatoms. The highest BCUT2D eigenvalue weighted by molar-refractivity contribution is 7.92. The Morgan fingerprint density at radius 3 is 2.43 bits per heavy atom. The van der Waals surface area contributed by atoms with Crippen LogP contribution < -0.4 is 14.9 Å². The van der Waals surface area contributed by atoms with Gasteiger partial charge >= 0.3 is 0 Å². The number of carbonyl (C=O) groups excluding carboxylic acids is 2. The molecule has 0 aliphatic carbocycles. The minimum atomic E-state index is -4.13. The number of halogens is 1. The van der Waals surface area contributed by atoms with Crippen LogP contribution in [0.4, 0.5) is 11.4 Å². The summed E-state index contributed by atoms with van der Waals surface area (Å²) in [6.07, 6.45) is 1.81. The normalized spacial score (nSPS) is 15.2.